The van der Waals surface area contributed by atoms with Crippen LogP contribution in [0.4, 0.5) is 10.5 Å². The van der Waals surface area contributed by atoms with Gasteiger partial charge in [-0.15, -0.1) is 0 Å². The molecule has 0 radical (unpaired) electrons. The van der Waals surface area contributed by atoms with Gasteiger partial charge in [0.2, 0.25) is 10.0 Å². The Morgan fingerprint density at radius 2 is 1.74 bits per heavy atom. The van der Waals surface area contributed by atoms with Crippen molar-refractivity contribution in [1.29, 1.82) is 0 Å². The van der Waals surface area contributed by atoms with Crippen LogP contribution in [0.2, 0.25) is 5.02 Å². The van der Waals surface area contributed by atoms with Crippen LogP contribution in [0.25, 0.3) is 11.1 Å². The van der Waals surface area contributed by atoms with Gasteiger partial charge < -0.3 is 15.0 Å². The third kappa shape index (κ3) is 7.06. The zero-order valence-corrected chi connectivity index (χ0v) is 20.7. The van der Waals surface area contributed by atoms with Crippen LogP contribution in [0, 0.1) is 0 Å². The van der Waals surface area contributed by atoms with Crippen molar-refractivity contribution in [2.75, 3.05) is 24.1 Å². The topological polar surface area (TPSA) is 114 Å². The molecule has 1 fully saturated rings. The van der Waals surface area contributed by atoms with E-state index in [1.807, 2.05) is 30.3 Å². The van der Waals surface area contributed by atoms with Gasteiger partial charge in [0.05, 0.1) is 6.26 Å². The maximum Gasteiger partial charge on any atom is 0.317 e. The third-order valence-corrected chi connectivity index (χ3v) is 6.51. The number of nitrogens with zero attached hydrogens (tertiary/aromatic N) is 3. The van der Waals surface area contributed by atoms with Crippen LogP contribution >= 0.6 is 11.6 Å². The zero-order valence-electron chi connectivity index (χ0n) is 19.1. The first-order valence-electron chi connectivity index (χ1n) is 11.1. The Bertz CT molecular complexity index is 1260. The van der Waals surface area contributed by atoms with E-state index in [2.05, 4.69) is 20.0 Å². The van der Waals surface area contributed by atoms with Crippen molar-refractivity contribution < 1.29 is 17.9 Å². The number of carbonyl (C=O) groups excluding carboxylic acids is 1. The molecule has 2 heterocycles. The van der Waals surface area contributed by atoms with Crippen molar-refractivity contribution >= 4 is 33.3 Å². The number of nitrogens with one attached hydrogen (secondary N) is 2. The fraction of sp³-hybridized carbons (Fsp3) is 0.292. The summed E-state index contributed by atoms with van der Waals surface area (Å²) in [6.07, 6.45) is 5.78. The minimum absolute atomic E-state index is 0.0142. The molecule has 0 aliphatic carbocycles. The van der Waals surface area contributed by atoms with Crippen molar-refractivity contribution in [3.8, 4) is 17.1 Å². The number of sulfonamides is 1. The van der Waals surface area contributed by atoms with Gasteiger partial charge in [-0.05, 0) is 41.0 Å². The molecule has 0 saturated carbocycles. The third-order valence-electron chi connectivity index (χ3n) is 5.55. The highest BCUT2D eigenvalue weighted by Gasteiger charge is 2.24. The zero-order chi connectivity index (χ0) is 24.8. The van der Waals surface area contributed by atoms with Crippen LogP contribution in [-0.2, 0) is 16.6 Å². The lowest BCUT2D eigenvalue weighted by atomic mass is 10.0. The van der Waals surface area contributed by atoms with Gasteiger partial charge in [0, 0.05) is 55.6 Å². The SMILES string of the molecule is CS(=O)(=O)Nc1ccc(-c2ccc(CNC(=O)N3CCC(Oc4ncccn4)CC3)c(Cl)c2)cc1. The second-order valence-corrected chi connectivity index (χ2v) is 10.4. The molecule has 1 aromatic heterocycles. The van der Waals surface area contributed by atoms with Crippen LogP contribution in [-0.4, -0.2) is 54.8 Å². The van der Waals surface area contributed by atoms with Crippen molar-refractivity contribution in [2.45, 2.75) is 25.5 Å². The van der Waals surface area contributed by atoms with Gasteiger partial charge in [0.15, 0.2) is 0 Å². The normalized spacial score (nSPS) is 14.4. The van der Waals surface area contributed by atoms with Crippen LogP contribution in [0.3, 0.4) is 0 Å². The minimum atomic E-state index is -3.32. The summed E-state index contributed by atoms with van der Waals surface area (Å²) in [7, 11) is -3.32. The summed E-state index contributed by atoms with van der Waals surface area (Å²) < 4.78 is 30.9. The van der Waals surface area contributed by atoms with Crippen LogP contribution < -0.4 is 14.8 Å². The standard InChI is InChI=1S/C24H26ClN5O4S/c1-35(32,33)29-20-7-5-17(6-8-20)18-3-4-19(22(25)15-18)16-28-24(31)30-13-9-21(10-14-30)34-23-26-11-2-12-27-23/h2-8,11-12,15,21,29H,9-10,13-14,16H2,1H3,(H,28,31). The molecule has 4 rings (SSSR count). The molecule has 0 unspecified atom stereocenters. The fourth-order valence-corrected chi connectivity index (χ4v) is 4.58. The van der Waals surface area contributed by atoms with Crippen LogP contribution in [0.5, 0.6) is 6.01 Å². The molecule has 35 heavy (non-hydrogen) atoms. The van der Waals surface area contributed by atoms with Crippen LogP contribution in [0.15, 0.2) is 60.9 Å². The van der Waals surface area contributed by atoms with Crippen molar-refractivity contribution in [3.63, 3.8) is 0 Å². The number of hydrogen-bond donors (Lipinski definition) is 2. The number of benzene rings is 2. The largest absolute Gasteiger partial charge is 0.460 e. The lowest BCUT2D eigenvalue weighted by Gasteiger charge is -2.31. The molecule has 1 aliphatic heterocycles. The molecule has 1 saturated heterocycles. The quantitative estimate of drug-likeness (QED) is 0.493. The summed E-state index contributed by atoms with van der Waals surface area (Å²) in [5, 5.41) is 3.47. The Morgan fingerprint density at radius 1 is 1.09 bits per heavy atom. The summed E-state index contributed by atoms with van der Waals surface area (Å²) in [6.45, 7) is 1.48. The second kappa shape index (κ2) is 10.9. The maximum atomic E-state index is 12.6. The predicted molar refractivity (Wildman–Crippen MR) is 135 cm³/mol. The lowest BCUT2D eigenvalue weighted by molar-refractivity contribution is 0.103. The average molecular weight is 516 g/mol. The van der Waals surface area contributed by atoms with E-state index in [0.29, 0.717) is 49.2 Å². The number of piperidine rings is 1. The highest BCUT2D eigenvalue weighted by molar-refractivity contribution is 7.92. The molecule has 2 amide bonds. The van der Waals surface area contributed by atoms with Gasteiger partial charge >= 0.3 is 12.0 Å². The van der Waals surface area contributed by atoms with E-state index >= 15 is 0 Å². The number of halogens is 1. The molecule has 2 N–H and O–H groups in total. The molecule has 11 heteroatoms. The second-order valence-electron chi connectivity index (χ2n) is 8.25. The van der Waals surface area contributed by atoms with Gasteiger partial charge in [-0.2, -0.15) is 0 Å². The van der Waals surface area contributed by atoms with E-state index in [4.69, 9.17) is 16.3 Å². The molecule has 1 aliphatic rings. The maximum absolute atomic E-state index is 12.6. The summed E-state index contributed by atoms with van der Waals surface area (Å²) in [4.78, 5) is 22.5. The number of anilines is 1. The molecular formula is C24H26ClN5O4S. The Balaban J connectivity index is 1.28. The van der Waals surface area contributed by atoms with E-state index in [9.17, 15) is 13.2 Å². The highest BCUT2D eigenvalue weighted by Crippen LogP contribution is 2.27. The van der Waals surface area contributed by atoms with Crippen molar-refractivity contribution in [3.05, 3.63) is 71.5 Å². The van der Waals surface area contributed by atoms with Crippen LogP contribution in [0.1, 0.15) is 18.4 Å². The smallest absolute Gasteiger partial charge is 0.317 e. The summed E-state index contributed by atoms with van der Waals surface area (Å²) >= 11 is 6.48. The van der Waals surface area contributed by atoms with E-state index in [0.717, 1.165) is 22.9 Å². The Morgan fingerprint density at radius 3 is 2.37 bits per heavy atom. The molecule has 0 atom stereocenters. The van der Waals surface area contributed by atoms with E-state index in [1.54, 1.807) is 35.5 Å². The van der Waals surface area contributed by atoms with E-state index < -0.39 is 10.0 Å². The molecule has 184 valence electrons. The Hall–Kier alpha value is -3.37. The van der Waals surface area contributed by atoms with Crippen molar-refractivity contribution in [2.24, 2.45) is 0 Å². The average Bonchev–Trinajstić information content (AvgIpc) is 2.84. The van der Waals surface area contributed by atoms with Gasteiger partial charge in [-0.25, -0.2) is 23.2 Å². The van der Waals surface area contributed by atoms with Crippen molar-refractivity contribution in [1.82, 2.24) is 20.2 Å². The van der Waals surface area contributed by atoms with Gasteiger partial charge in [0.1, 0.15) is 6.10 Å². The van der Waals surface area contributed by atoms with E-state index in [-0.39, 0.29) is 12.1 Å². The number of hydrogen-bond acceptors (Lipinski definition) is 6. The predicted octanol–water partition coefficient (Wildman–Crippen LogP) is 3.92. The molecule has 0 bridgehead atoms. The lowest BCUT2D eigenvalue weighted by Crippen LogP contribution is -2.46. The van der Waals surface area contributed by atoms with Gasteiger partial charge in [-0.3, -0.25) is 4.72 Å². The fourth-order valence-electron chi connectivity index (χ4n) is 3.77. The first-order chi connectivity index (χ1) is 16.8. The summed E-state index contributed by atoms with van der Waals surface area (Å²) in [5.74, 6) is 0. The summed E-state index contributed by atoms with van der Waals surface area (Å²) in [5.41, 5.74) is 3.08. The van der Waals surface area contributed by atoms with Gasteiger partial charge in [-0.1, -0.05) is 35.9 Å². The van der Waals surface area contributed by atoms with E-state index in [1.165, 1.54) is 0 Å². The summed E-state index contributed by atoms with van der Waals surface area (Å²) in [6, 6.07) is 14.6. The van der Waals surface area contributed by atoms with Gasteiger partial charge in [0.25, 0.3) is 0 Å². The highest BCUT2D eigenvalue weighted by atomic mass is 35.5. The number of urea groups is 1. The molecule has 2 aromatic carbocycles. The minimum Gasteiger partial charge on any atom is -0.460 e. The first kappa shape index (κ1) is 24.7. The number of rotatable bonds is 7. The molecule has 0 spiro atoms. The molecule has 9 nitrogen and oxygen atoms in total. The molecular weight excluding hydrogens is 490 g/mol. The molecule has 3 aromatic rings. The number of likely N-dealkylation sites (tertiary alicyclic amines) is 1. The number of ether oxygens (including phenoxy) is 1. The number of aromatic nitrogens is 2. The number of carbonyl (C=O) groups is 1. The number of amides is 2. The Labute approximate surface area is 209 Å². The monoisotopic (exact) mass is 515 g/mol. The first-order valence-corrected chi connectivity index (χ1v) is 13.4. The Kier molecular flexibility index (Phi) is 7.72.